The molecule has 6 rings (SSSR count). The highest BCUT2D eigenvalue weighted by Crippen LogP contribution is 2.35. The number of fused-ring (bicyclic) bond motifs is 2. The van der Waals surface area contributed by atoms with Crippen LogP contribution in [-0.2, 0) is 13.1 Å². The molecule has 3 aromatic heterocycles. The third kappa shape index (κ3) is 3.82. The molecule has 1 aromatic carbocycles. The van der Waals surface area contributed by atoms with Crippen LogP contribution in [-0.4, -0.2) is 38.7 Å². The highest BCUT2D eigenvalue weighted by Gasteiger charge is 2.22. The van der Waals surface area contributed by atoms with Gasteiger partial charge in [0.2, 0.25) is 0 Å². The van der Waals surface area contributed by atoms with Gasteiger partial charge in [-0.1, -0.05) is 17.7 Å². The summed E-state index contributed by atoms with van der Waals surface area (Å²) in [6.07, 6.45) is 7.24. The molecule has 0 saturated carbocycles. The number of aliphatic hydroxyl groups is 1. The summed E-state index contributed by atoms with van der Waals surface area (Å²) in [5, 5.41) is 17.4. The molecule has 1 saturated heterocycles. The number of nitrogens with one attached hydrogen (secondary N) is 2. The van der Waals surface area contributed by atoms with Gasteiger partial charge >= 0.3 is 0 Å². The molecule has 33 heavy (non-hydrogen) atoms. The summed E-state index contributed by atoms with van der Waals surface area (Å²) in [7, 11) is 0. The lowest BCUT2D eigenvalue weighted by Gasteiger charge is -2.31. The van der Waals surface area contributed by atoms with Gasteiger partial charge in [-0.3, -0.25) is 4.40 Å². The standard InChI is InChI=1S/C25H25ClN6O/c26-16-5-10-32-23(15-29-25(32)11-16)19-2-3-22(21-14-27-13-20(19)21)30-24-4-1-17(12-28-24)31-8-6-18(33)7-9-31/h1-5,10-12,15,18,27,33H,6-9,13-14H2,(H,28,30). The Kier molecular flexibility index (Phi) is 5.17. The molecule has 168 valence electrons. The molecule has 4 aromatic rings. The van der Waals surface area contributed by atoms with Crippen LogP contribution in [0.5, 0.6) is 0 Å². The van der Waals surface area contributed by atoms with Gasteiger partial charge in [-0.15, -0.1) is 0 Å². The second-order valence-corrected chi connectivity index (χ2v) is 9.12. The number of halogens is 1. The van der Waals surface area contributed by atoms with E-state index < -0.39 is 0 Å². The average Bonchev–Trinajstić information content (AvgIpc) is 3.48. The molecule has 0 amide bonds. The molecule has 2 aliphatic rings. The largest absolute Gasteiger partial charge is 0.393 e. The van der Waals surface area contributed by atoms with Crippen LogP contribution in [0.1, 0.15) is 24.0 Å². The topological polar surface area (TPSA) is 77.7 Å². The fraction of sp³-hybridized carbons (Fsp3) is 0.280. The Morgan fingerprint density at radius 2 is 1.85 bits per heavy atom. The van der Waals surface area contributed by atoms with Gasteiger partial charge in [0, 0.05) is 54.7 Å². The van der Waals surface area contributed by atoms with Crippen molar-refractivity contribution in [2.24, 2.45) is 0 Å². The number of rotatable bonds is 4. The van der Waals surface area contributed by atoms with E-state index in [0.717, 1.165) is 67.6 Å². The number of aliphatic hydroxyl groups excluding tert-OH is 1. The number of piperidine rings is 1. The van der Waals surface area contributed by atoms with Gasteiger partial charge in [0.05, 0.1) is 29.9 Å². The van der Waals surface area contributed by atoms with E-state index >= 15 is 0 Å². The summed E-state index contributed by atoms with van der Waals surface area (Å²) >= 11 is 6.13. The number of pyridine rings is 2. The van der Waals surface area contributed by atoms with Crippen molar-refractivity contribution in [3.8, 4) is 11.3 Å². The van der Waals surface area contributed by atoms with Gasteiger partial charge in [-0.25, -0.2) is 9.97 Å². The summed E-state index contributed by atoms with van der Waals surface area (Å²) < 4.78 is 2.08. The predicted molar refractivity (Wildman–Crippen MR) is 131 cm³/mol. The molecule has 7 nitrogen and oxygen atoms in total. The quantitative estimate of drug-likeness (QED) is 0.420. The summed E-state index contributed by atoms with van der Waals surface area (Å²) in [5.41, 5.74) is 7.77. The molecule has 0 unspecified atom stereocenters. The lowest BCUT2D eigenvalue weighted by molar-refractivity contribution is 0.145. The molecule has 0 spiro atoms. The van der Waals surface area contributed by atoms with Crippen LogP contribution in [0.2, 0.25) is 5.02 Å². The first kappa shape index (κ1) is 20.5. The fourth-order valence-corrected chi connectivity index (χ4v) is 4.98. The monoisotopic (exact) mass is 460 g/mol. The van der Waals surface area contributed by atoms with Gasteiger partial charge in [0.25, 0.3) is 0 Å². The van der Waals surface area contributed by atoms with Crippen molar-refractivity contribution in [2.75, 3.05) is 23.3 Å². The fourth-order valence-electron chi connectivity index (χ4n) is 4.83. The molecule has 3 N–H and O–H groups in total. The highest BCUT2D eigenvalue weighted by atomic mass is 35.5. The molecular formula is C25H25ClN6O. The number of nitrogens with zero attached hydrogens (tertiary/aromatic N) is 4. The molecule has 8 heteroatoms. The van der Waals surface area contributed by atoms with Crippen molar-refractivity contribution < 1.29 is 5.11 Å². The van der Waals surface area contributed by atoms with Crippen LogP contribution >= 0.6 is 11.6 Å². The molecule has 0 aliphatic carbocycles. The molecule has 0 atom stereocenters. The van der Waals surface area contributed by atoms with Crippen LogP contribution in [0.15, 0.2) is 55.0 Å². The number of hydrogen-bond donors (Lipinski definition) is 3. The van der Waals surface area contributed by atoms with Crippen molar-refractivity contribution in [3.63, 3.8) is 0 Å². The van der Waals surface area contributed by atoms with E-state index in [1.54, 1.807) is 0 Å². The van der Waals surface area contributed by atoms with E-state index in [1.807, 2.05) is 36.8 Å². The van der Waals surface area contributed by atoms with Crippen LogP contribution in [0.3, 0.4) is 0 Å². The second-order valence-electron chi connectivity index (χ2n) is 8.68. The third-order valence-electron chi connectivity index (χ3n) is 6.63. The summed E-state index contributed by atoms with van der Waals surface area (Å²) in [4.78, 5) is 11.5. The number of imidazole rings is 1. The van der Waals surface area contributed by atoms with Gasteiger partial charge in [0.1, 0.15) is 11.5 Å². The molecule has 2 aliphatic heterocycles. The molecule has 5 heterocycles. The summed E-state index contributed by atoms with van der Waals surface area (Å²) in [6.45, 7) is 3.36. The second kappa shape index (κ2) is 8.33. The van der Waals surface area contributed by atoms with Crippen LogP contribution in [0, 0.1) is 0 Å². The highest BCUT2D eigenvalue weighted by molar-refractivity contribution is 6.30. The zero-order chi connectivity index (χ0) is 22.4. The number of anilines is 3. The van der Waals surface area contributed by atoms with E-state index in [0.29, 0.717) is 5.02 Å². The normalized spacial score (nSPS) is 16.4. The molecule has 0 bridgehead atoms. The van der Waals surface area contributed by atoms with Crippen molar-refractivity contribution in [1.29, 1.82) is 0 Å². The van der Waals surface area contributed by atoms with Crippen molar-refractivity contribution in [3.05, 3.63) is 71.1 Å². The Morgan fingerprint density at radius 3 is 2.67 bits per heavy atom. The van der Waals surface area contributed by atoms with Gasteiger partial charge < -0.3 is 20.6 Å². The first-order valence-corrected chi connectivity index (χ1v) is 11.7. The third-order valence-corrected chi connectivity index (χ3v) is 6.86. The Morgan fingerprint density at radius 1 is 1.00 bits per heavy atom. The maximum atomic E-state index is 9.73. The minimum absolute atomic E-state index is 0.174. The average molecular weight is 461 g/mol. The molecule has 1 fully saturated rings. The van der Waals surface area contributed by atoms with E-state index in [4.69, 9.17) is 11.6 Å². The first-order chi connectivity index (χ1) is 16.2. The van der Waals surface area contributed by atoms with Crippen molar-refractivity contribution in [2.45, 2.75) is 32.0 Å². The van der Waals surface area contributed by atoms with Crippen LogP contribution in [0.25, 0.3) is 16.9 Å². The van der Waals surface area contributed by atoms with Crippen molar-refractivity contribution >= 4 is 34.4 Å². The Labute approximate surface area is 197 Å². The lowest BCUT2D eigenvalue weighted by atomic mass is 9.99. The minimum Gasteiger partial charge on any atom is -0.393 e. The minimum atomic E-state index is -0.174. The Balaban J connectivity index is 1.27. The molecule has 0 radical (unpaired) electrons. The number of aromatic nitrogens is 3. The Bertz CT molecular complexity index is 1310. The van der Waals surface area contributed by atoms with E-state index in [1.165, 1.54) is 16.7 Å². The smallest absolute Gasteiger partial charge is 0.138 e. The predicted octanol–water partition coefficient (Wildman–Crippen LogP) is 4.36. The van der Waals surface area contributed by atoms with Crippen molar-refractivity contribution in [1.82, 2.24) is 19.7 Å². The van der Waals surface area contributed by atoms with E-state index in [-0.39, 0.29) is 6.10 Å². The zero-order valence-corrected chi connectivity index (χ0v) is 18.9. The van der Waals surface area contributed by atoms with Crippen LogP contribution < -0.4 is 15.5 Å². The first-order valence-electron chi connectivity index (χ1n) is 11.3. The lowest BCUT2D eigenvalue weighted by Crippen LogP contribution is -2.35. The summed E-state index contributed by atoms with van der Waals surface area (Å²) in [5.74, 6) is 0.821. The van der Waals surface area contributed by atoms with Gasteiger partial charge in [-0.2, -0.15) is 0 Å². The zero-order valence-electron chi connectivity index (χ0n) is 18.1. The van der Waals surface area contributed by atoms with E-state index in [9.17, 15) is 5.11 Å². The van der Waals surface area contributed by atoms with E-state index in [2.05, 4.69) is 48.1 Å². The number of benzene rings is 1. The van der Waals surface area contributed by atoms with Crippen LogP contribution in [0.4, 0.5) is 17.2 Å². The number of hydrogen-bond acceptors (Lipinski definition) is 6. The maximum Gasteiger partial charge on any atom is 0.138 e. The van der Waals surface area contributed by atoms with Gasteiger partial charge in [-0.05, 0) is 48.2 Å². The SMILES string of the molecule is OC1CCN(c2ccc(Nc3ccc(-c4cnc5cc(Cl)ccn45)c4c3CNC4)nc2)CC1. The van der Waals surface area contributed by atoms with Gasteiger partial charge in [0.15, 0.2) is 0 Å². The summed E-state index contributed by atoms with van der Waals surface area (Å²) in [6, 6.07) is 12.2. The Hall–Kier alpha value is -3.13. The molecular weight excluding hydrogens is 436 g/mol. The maximum absolute atomic E-state index is 9.73.